The van der Waals surface area contributed by atoms with Crippen LogP contribution in [0.2, 0.25) is 0 Å². The van der Waals surface area contributed by atoms with Gasteiger partial charge in [0.05, 0.1) is 0 Å². The highest BCUT2D eigenvalue weighted by atomic mass is 16.2. The maximum atomic E-state index is 12.4. The van der Waals surface area contributed by atoms with Gasteiger partial charge in [-0.2, -0.15) is 0 Å². The van der Waals surface area contributed by atoms with Crippen LogP contribution in [-0.2, 0) is 11.2 Å². The Kier molecular flexibility index (Phi) is 3.66. The lowest BCUT2D eigenvalue weighted by Crippen LogP contribution is -2.50. The minimum atomic E-state index is -0.109. The summed E-state index contributed by atoms with van der Waals surface area (Å²) in [5.41, 5.74) is 2.34. The number of nitrogens with zero attached hydrogens (tertiary/aromatic N) is 1. The highest BCUT2D eigenvalue weighted by molar-refractivity contribution is 5.87. The standard InChI is InChI=1S/C16H23N3O/c1-11-9-13(7-8-19(11)2)17-16(20)15-10-12-5-3-4-6-14(12)18-15/h3-6,11,13,15,18H,7-10H2,1-2H3,(H,17,20)/t11?,13?,15-/m0/s1. The minimum Gasteiger partial charge on any atom is -0.373 e. The van der Waals surface area contributed by atoms with E-state index < -0.39 is 0 Å². The van der Waals surface area contributed by atoms with E-state index in [0.717, 1.165) is 31.5 Å². The molecular weight excluding hydrogens is 250 g/mol. The molecule has 2 aliphatic heterocycles. The number of carbonyl (C=O) groups is 1. The third kappa shape index (κ3) is 2.66. The number of nitrogens with one attached hydrogen (secondary N) is 2. The van der Waals surface area contributed by atoms with Crippen LogP contribution >= 0.6 is 0 Å². The number of para-hydroxylation sites is 1. The zero-order valence-corrected chi connectivity index (χ0v) is 12.2. The summed E-state index contributed by atoms with van der Waals surface area (Å²) in [5.74, 6) is 0.142. The molecule has 1 aromatic rings. The normalized spacial score (nSPS) is 29.6. The van der Waals surface area contributed by atoms with E-state index in [1.807, 2.05) is 18.2 Å². The number of hydrogen-bond donors (Lipinski definition) is 2. The van der Waals surface area contributed by atoms with Crippen LogP contribution in [0.3, 0.4) is 0 Å². The van der Waals surface area contributed by atoms with E-state index >= 15 is 0 Å². The number of likely N-dealkylation sites (tertiary alicyclic amines) is 1. The van der Waals surface area contributed by atoms with Crippen molar-refractivity contribution < 1.29 is 4.79 Å². The van der Waals surface area contributed by atoms with Crippen LogP contribution in [0.5, 0.6) is 0 Å². The Bertz CT molecular complexity index is 477. The lowest BCUT2D eigenvalue weighted by atomic mass is 9.98. The lowest BCUT2D eigenvalue weighted by molar-refractivity contribution is -0.122. The van der Waals surface area contributed by atoms with Crippen molar-refractivity contribution in [3.8, 4) is 0 Å². The molecule has 0 radical (unpaired) electrons. The van der Waals surface area contributed by atoms with Crippen molar-refractivity contribution in [2.24, 2.45) is 0 Å². The van der Waals surface area contributed by atoms with Crippen molar-refractivity contribution in [3.05, 3.63) is 29.8 Å². The predicted molar refractivity (Wildman–Crippen MR) is 80.8 cm³/mol. The first kappa shape index (κ1) is 13.4. The van der Waals surface area contributed by atoms with Crippen LogP contribution in [0.25, 0.3) is 0 Å². The van der Waals surface area contributed by atoms with Crippen LogP contribution < -0.4 is 10.6 Å². The SMILES string of the molecule is CC1CC(NC(=O)[C@@H]2Cc3ccccc3N2)CCN1C. The Hall–Kier alpha value is -1.55. The molecule has 0 aromatic heterocycles. The Labute approximate surface area is 120 Å². The Morgan fingerprint density at radius 2 is 2.20 bits per heavy atom. The van der Waals surface area contributed by atoms with E-state index in [0.29, 0.717) is 12.1 Å². The number of benzene rings is 1. The molecule has 1 saturated heterocycles. The molecule has 3 atom stereocenters. The first-order valence-corrected chi connectivity index (χ1v) is 7.48. The quantitative estimate of drug-likeness (QED) is 0.860. The molecule has 0 saturated carbocycles. The van der Waals surface area contributed by atoms with Gasteiger partial charge in [0.2, 0.25) is 5.91 Å². The van der Waals surface area contributed by atoms with Crippen LogP contribution in [0, 0.1) is 0 Å². The van der Waals surface area contributed by atoms with Crippen molar-refractivity contribution in [1.29, 1.82) is 0 Å². The molecule has 4 heteroatoms. The van der Waals surface area contributed by atoms with Gasteiger partial charge in [-0.3, -0.25) is 4.79 Å². The smallest absolute Gasteiger partial charge is 0.243 e. The molecule has 0 bridgehead atoms. The van der Waals surface area contributed by atoms with Gasteiger partial charge in [0.15, 0.2) is 0 Å². The van der Waals surface area contributed by atoms with E-state index in [-0.39, 0.29) is 11.9 Å². The van der Waals surface area contributed by atoms with E-state index in [1.165, 1.54) is 5.56 Å². The van der Waals surface area contributed by atoms with Crippen molar-refractivity contribution >= 4 is 11.6 Å². The lowest BCUT2D eigenvalue weighted by Gasteiger charge is -2.35. The summed E-state index contributed by atoms with van der Waals surface area (Å²) in [6, 6.07) is 8.92. The fourth-order valence-corrected chi connectivity index (χ4v) is 3.18. The van der Waals surface area contributed by atoms with Crippen LogP contribution in [0.15, 0.2) is 24.3 Å². The van der Waals surface area contributed by atoms with Crippen molar-refractivity contribution in [2.45, 2.75) is 44.3 Å². The molecule has 1 amide bonds. The second-order valence-electron chi connectivity index (χ2n) is 6.12. The van der Waals surface area contributed by atoms with Gasteiger partial charge in [-0.25, -0.2) is 0 Å². The molecule has 20 heavy (non-hydrogen) atoms. The highest BCUT2D eigenvalue weighted by Gasteiger charge is 2.30. The first-order chi connectivity index (χ1) is 9.63. The van der Waals surface area contributed by atoms with Gasteiger partial charge in [0.1, 0.15) is 6.04 Å². The molecule has 4 nitrogen and oxygen atoms in total. The summed E-state index contributed by atoms with van der Waals surface area (Å²) in [7, 11) is 2.15. The molecule has 2 unspecified atom stereocenters. The van der Waals surface area contributed by atoms with Gasteiger partial charge >= 0.3 is 0 Å². The van der Waals surface area contributed by atoms with Crippen LogP contribution in [0.4, 0.5) is 5.69 Å². The van der Waals surface area contributed by atoms with Crippen LogP contribution in [-0.4, -0.2) is 42.5 Å². The van der Waals surface area contributed by atoms with E-state index in [4.69, 9.17) is 0 Å². The third-order valence-electron chi connectivity index (χ3n) is 4.64. The van der Waals surface area contributed by atoms with Gasteiger partial charge in [-0.15, -0.1) is 0 Å². The second kappa shape index (κ2) is 5.44. The summed E-state index contributed by atoms with van der Waals surface area (Å²) in [6.07, 6.45) is 2.89. The number of piperidine rings is 1. The average Bonchev–Trinajstić information content (AvgIpc) is 2.87. The van der Waals surface area contributed by atoms with Gasteiger partial charge < -0.3 is 15.5 Å². The molecule has 108 valence electrons. The molecule has 2 heterocycles. The number of hydrogen-bond acceptors (Lipinski definition) is 3. The molecule has 3 rings (SSSR count). The van der Waals surface area contributed by atoms with Crippen molar-refractivity contribution in [2.75, 3.05) is 18.9 Å². The Balaban J connectivity index is 1.56. The molecule has 2 N–H and O–H groups in total. The summed E-state index contributed by atoms with van der Waals surface area (Å²) in [5, 5.41) is 6.54. The van der Waals surface area contributed by atoms with Gasteiger partial charge in [-0.05, 0) is 38.4 Å². The molecule has 0 spiro atoms. The molecule has 1 fully saturated rings. The van der Waals surface area contributed by atoms with Crippen molar-refractivity contribution in [3.63, 3.8) is 0 Å². The predicted octanol–water partition coefficient (Wildman–Crippen LogP) is 1.62. The van der Waals surface area contributed by atoms with E-state index in [1.54, 1.807) is 0 Å². The highest BCUT2D eigenvalue weighted by Crippen LogP contribution is 2.25. The summed E-state index contributed by atoms with van der Waals surface area (Å²) < 4.78 is 0. The molecule has 0 aliphatic carbocycles. The Morgan fingerprint density at radius 1 is 1.40 bits per heavy atom. The summed E-state index contributed by atoms with van der Waals surface area (Å²) in [6.45, 7) is 3.28. The topological polar surface area (TPSA) is 44.4 Å². The summed E-state index contributed by atoms with van der Waals surface area (Å²) in [4.78, 5) is 14.7. The van der Waals surface area contributed by atoms with Gasteiger partial charge in [-0.1, -0.05) is 18.2 Å². The zero-order valence-electron chi connectivity index (χ0n) is 12.2. The number of amides is 1. The maximum Gasteiger partial charge on any atom is 0.243 e. The number of anilines is 1. The number of fused-ring (bicyclic) bond motifs is 1. The fourth-order valence-electron chi connectivity index (χ4n) is 3.18. The monoisotopic (exact) mass is 273 g/mol. The molecule has 2 aliphatic rings. The zero-order chi connectivity index (χ0) is 14.1. The van der Waals surface area contributed by atoms with E-state index in [9.17, 15) is 4.79 Å². The van der Waals surface area contributed by atoms with Crippen molar-refractivity contribution in [1.82, 2.24) is 10.2 Å². The Morgan fingerprint density at radius 3 is 2.95 bits per heavy atom. The number of carbonyl (C=O) groups excluding carboxylic acids is 1. The third-order valence-corrected chi connectivity index (χ3v) is 4.64. The molecule has 1 aromatic carbocycles. The van der Waals surface area contributed by atoms with Crippen LogP contribution in [0.1, 0.15) is 25.3 Å². The van der Waals surface area contributed by atoms with E-state index in [2.05, 4.69) is 35.6 Å². The largest absolute Gasteiger partial charge is 0.373 e. The summed E-state index contributed by atoms with van der Waals surface area (Å²) >= 11 is 0. The molecular formula is C16H23N3O. The minimum absolute atomic E-state index is 0.109. The maximum absolute atomic E-state index is 12.4. The average molecular weight is 273 g/mol. The number of rotatable bonds is 2. The first-order valence-electron chi connectivity index (χ1n) is 7.48. The van der Waals surface area contributed by atoms with Gasteiger partial charge in [0.25, 0.3) is 0 Å². The fraction of sp³-hybridized carbons (Fsp3) is 0.562. The second-order valence-corrected chi connectivity index (χ2v) is 6.12. The van der Waals surface area contributed by atoms with Gasteiger partial charge in [0, 0.05) is 30.7 Å².